The quantitative estimate of drug-likeness (QED) is 0.674. The molecule has 28 heavy (non-hydrogen) atoms. The molecule has 0 saturated carbocycles. The molecule has 1 aliphatic heterocycles. The van der Waals surface area contributed by atoms with E-state index in [0.717, 1.165) is 44.5 Å². The largest absolute Gasteiger partial charge is 0.389 e. The van der Waals surface area contributed by atoms with Crippen LogP contribution in [0.5, 0.6) is 0 Å². The highest BCUT2D eigenvalue weighted by Crippen LogP contribution is 2.27. The van der Waals surface area contributed by atoms with Gasteiger partial charge in [-0.3, -0.25) is 4.79 Å². The molecule has 0 spiro atoms. The summed E-state index contributed by atoms with van der Waals surface area (Å²) in [6.45, 7) is 4.26. The maximum absolute atomic E-state index is 13.2. The fourth-order valence-corrected chi connectivity index (χ4v) is 4.02. The normalized spacial score (nSPS) is 16.9. The van der Waals surface area contributed by atoms with Crippen LogP contribution in [0.1, 0.15) is 47.2 Å². The molecule has 0 amide bonds. The van der Waals surface area contributed by atoms with Gasteiger partial charge in [0.05, 0.1) is 5.60 Å². The summed E-state index contributed by atoms with van der Waals surface area (Å²) in [5.74, 6) is -0.248. The van der Waals surface area contributed by atoms with Gasteiger partial charge in [-0.05, 0) is 74.2 Å². The van der Waals surface area contributed by atoms with Gasteiger partial charge in [0.15, 0.2) is 5.78 Å². The molecule has 0 atom stereocenters. The number of hydrogen-bond donors (Lipinski definition) is 1. The number of ketones is 1. The number of rotatable bonds is 7. The molecule has 1 saturated heterocycles. The third-order valence-electron chi connectivity index (χ3n) is 5.60. The molecule has 1 fully saturated rings. The molecule has 5 heteroatoms. The van der Waals surface area contributed by atoms with E-state index >= 15 is 0 Å². The number of likely N-dealkylation sites (tertiary alicyclic amines) is 1. The molecule has 0 aromatic heterocycles. The van der Waals surface area contributed by atoms with Crippen molar-refractivity contribution in [1.82, 2.24) is 4.90 Å². The Morgan fingerprint density at radius 1 is 1.18 bits per heavy atom. The third kappa shape index (κ3) is 5.63. The first-order valence-electron chi connectivity index (χ1n) is 9.83. The molecule has 1 aliphatic rings. The second-order valence-electron chi connectivity index (χ2n) is 7.86. The maximum atomic E-state index is 13.2. The second-order valence-corrected chi connectivity index (χ2v) is 8.29. The average molecular weight is 404 g/mol. The number of carbonyl (C=O) groups excluding carboxylic acids is 1. The van der Waals surface area contributed by atoms with Crippen molar-refractivity contribution in [2.24, 2.45) is 0 Å². The lowest BCUT2D eigenvalue weighted by molar-refractivity contribution is -0.0207. The van der Waals surface area contributed by atoms with E-state index in [4.69, 9.17) is 11.6 Å². The van der Waals surface area contributed by atoms with E-state index in [1.54, 1.807) is 13.0 Å². The van der Waals surface area contributed by atoms with Crippen LogP contribution in [0.4, 0.5) is 4.39 Å². The molecule has 0 radical (unpaired) electrons. The molecule has 1 heterocycles. The zero-order valence-corrected chi connectivity index (χ0v) is 17.0. The predicted molar refractivity (Wildman–Crippen MR) is 110 cm³/mol. The van der Waals surface area contributed by atoms with Gasteiger partial charge in [0.25, 0.3) is 0 Å². The molecular formula is C23H27ClFNO2. The molecular weight excluding hydrogens is 377 g/mol. The van der Waals surface area contributed by atoms with E-state index in [2.05, 4.69) is 4.90 Å². The van der Waals surface area contributed by atoms with Crippen molar-refractivity contribution >= 4 is 17.4 Å². The maximum Gasteiger partial charge on any atom is 0.163 e. The van der Waals surface area contributed by atoms with E-state index in [9.17, 15) is 14.3 Å². The summed E-state index contributed by atoms with van der Waals surface area (Å²) in [5, 5.41) is 11.6. The standard InChI is InChI=1S/C23H27ClFNO2/c1-17-15-20(25)8-9-21(17)22(27)3-2-12-26-13-10-23(28,11-14-26)16-18-4-6-19(24)7-5-18/h4-9,15,28H,2-3,10-14,16H2,1H3. The number of hydrogen-bond acceptors (Lipinski definition) is 3. The van der Waals surface area contributed by atoms with Crippen LogP contribution in [0.2, 0.25) is 5.02 Å². The van der Waals surface area contributed by atoms with E-state index in [0.29, 0.717) is 29.0 Å². The van der Waals surface area contributed by atoms with Crippen LogP contribution >= 0.6 is 11.6 Å². The van der Waals surface area contributed by atoms with Gasteiger partial charge in [-0.2, -0.15) is 0 Å². The number of aryl methyl sites for hydroxylation is 1. The van der Waals surface area contributed by atoms with E-state index < -0.39 is 5.60 Å². The van der Waals surface area contributed by atoms with Crippen LogP contribution in [-0.2, 0) is 6.42 Å². The lowest BCUT2D eigenvalue weighted by Crippen LogP contribution is -2.45. The molecule has 0 unspecified atom stereocenters. The number of halogens is 2. The Labute approximate surface area is 171 Å². The summed E-state index contributed by atoms with van der Waals surface area (Å²) in [5.41, 5.74) is 1.72. The smallest absolute Gasteiger partial charge is 0.163 e. The van der Waals surface area contributed by atoms with Crippen molar-refractivity contribution in [3.63, 3.8) is 0 Å². The lowest BCUT2D eigenvalue weighted by atomic mass is 9.85. The minimum Gasteiger partial charge on any atom is -0.389 e. The van der Waals surface area contributed by atoms with Gasteiger partial charge in [-0.25, -0.2) is 4.39 Å². The fraction of sp³-hybridized carbons (Fsp3) is 0.435. The number of aliphatic hydroxyl groups is 1. The van der Waals surface area contributed by atoms with Crippen LogP contribution in [-0.4, -0.2) is 41.0 Å². The van der Waals surface area contributed by atoms with Gasteiger partial charge < -0.3 is 10.0 Å². The Kier molecular flexibility index (Phi) is 6.86. The predicted octanol–water partition coefficient (Wildman–Crippen LogP) is 4.82. The minimum atomic E-state index is -0.675. The van der Waals surface area contributed by atoms with Gasteiger partial charge in [0.2, 0.25) is 0 Å². The van der Waals surface area contributed by atoms with Crippen LogP contribution in [0.15, 0.2) is 42.5 Å². The fourth-order valence-electron chi connectivity index (χ4n) is 3.89. The molecule has 1 N–H and O–H groups in total. The molecule has 0 aliphatic carbocycles. The third-order valence-corrected chi connectivity index (χ3v) is 5.85. The van der Waals surface area contributed by atoms with Gasteiger partial charge in [0, 0.05) is 36.5 Å². The molecule has 150 valence electrons. The highest BCUT2D eigenvalue weighted by atomic mass is 35.5. The SMILES string of the molecule is Cc1cc(F)ccc1C(=O)CCCN1CCC(O)(Cc2ccc(Cl)cc2)CC1. The number of benzene rings is 2. The highest BCUT2D eigenvalue weighted by molar-refractivity contribution is 6.30. The Hall–Kier alpha value is -1.75. The Morgan fingerprint density at radius 3 is 2.50 bits per heavy atom. The Morgan fingerprint density at radius 2 is 1.86 bits per heavy atom. The van der Waals surface area contributed by atoms with E-state index in [-0.39, 0.29) is 11.6 Å². The molecule has 0 bridgehead atoms. The zero-order valence-electron chi connectivity index (χ0n) is 16.3. The van der Waals surface area contributed by atoms with Crippen molar-refractivity contribution in [2.45, 2.75) is 44.6 Å². The van der Waals surface area contributed by atoms with Gasteiger partial charge in [-0.1, -0.05) is 23.7 Å². The summed E-state index contributed by atoms with van der Waals surface area (Å²) in [6, 6.07) is 12.0. The first-order chi connectivity index (χ1) is 13.3. The molecule has 3 nitrogen and oxygen atoms in total. The van der Waals surface area contributed by atoms with Gasteiger partial charge in [0.1, 0.15) is 5.82 Å². The topological polar surface area (TPSA) is 40.5 Å². The van der Waals surface area contributed by atoms with Crippen molar-refractivity contribution in [1.29, 1.82) is 0 Å². The van der Waals surface area contributed by atoms with Crippen molar-refractivity contribution < 1.29 is 14.3 Å². The second kappa shape index (κ2) is 9.17. The van der Waals surface area contributed by atoms with Crippen LogP contribution < -0.4 is 0 Å². The molecule has 3 rings (SSSR count). The van der Waals surface area contributed by atoms with E-state index in [1.807, 2.05) is 24.3 Å². The molecule has 2 aromatic carbocycles. The first-order valence-corrected chi connectivity index (χ1v) is 10.2. The highest BCUT2D eigenvalue weighted by Gasteiger charge is 2.32. The summed E-state index contributed by atoms with van der Waals surface area (Å²) in [4.78, 5) is 14.7. The monoisotopic (exact) mass is 403 g/mol. The number of carbonyl (C=O) groups is 1. The molecule has 2 aromatic rings. The van der Waals surface area contributed by atoms with Crippen LogP contribution in [0.25, 0.3) is 0 Å². The zero-order chi connectivity index (χ0) is 20.1. The van der Waals surface area contributed by atoms with Crippen LogP contribution in [0, 0.1) is 12.7 Å². The van der Waals surface area contributed by atoms with Crippen molar-refractivity contribution in [3.05, 3.63) is 70.0 Å². The van der Waals surface area contributed by atoms with E-state index in [1.165, 1.54) is 12.1 Å². The average Bonchev–Trinajstić information content (AvgIpc) is 2.65. The Balaban J connectivity index is 1.43. The minimum absolute atomic E-state index is 0.0637. The Bertz CT molecular complexity index is 814. The van der Waals surface area contributed by atoms with Crippen LogP contribution in [0.3, 0.4) is 0 Å². The number of piperidine rings is 1. The van der Waals surface area contributed by atoms with Crippen molar-refractivity contribution in [3.8, 4) is 0 Å². The number of Topliss-reactive ketones (excluding diaryl/α,β-unsaturated/α-hetero) is 1. The van der Waals surface area contributed by atoms with Gasteiger partial charge in [-0.15, -0.1) is 0 Å². The van der Waals surface area contributed by atoms with Gasteiger partial charge >= 0.3 is 0 Å². The summed E-state index contributed by atoms with van der Waals surface area (Å²) in [6.07, 6.45) is 3.31. The number of nitrogens with zero attached hydrogens (tertiary/aromatic N) is 1. The van der Waals surface area contributed by atoms with Crippen molar-refractivity contribution in [2.75, 3.05) is 19.6 Å². The first kappa shape index (κ1) is 21.0. The summed E-state index contributed by atoms with van der Waals surface area (Å²) in [7, 11) is 0. The summed E-state index contributed by atoms with van der Waals surface area (Å²) >= 11 is 5.92. The summed E-state index contributed by atoms with van der Waals surface area (Å²) < 4.78 is 13.2. The lowest BCUT2D eigenvalue weighted by Gasteiger charge is -2.38.